The standard InChI is InChI=1S/C29H32N6O3.C5H13NO/c1-33(2)27(37)24-11-10-21-22(7-5-8-23(21)32-24)30-13-15-34(3)14-12-20-6-4-9-25-26(20)38-18-29-16-28(29,17-36)31-19-35(25)29;1-2-4-7-5-3-6/h4-11,17,19,30H,12-16,18H2,1-3H3;2-6H2,1H3. The van der Waals surface area contributed by atoms with Gasteiger partial charge in [-0.05, 0) is 55.8 Å². The first-order valence-corrected chi connectivity index (χ1v) is 15.7. The maximum atomic E-state index is 12.3. The SMILES string of the molecule is CCCOCCN.CN(CCNc1cccc2nc(C(=O)N(C)C)ccc12)CCc1cccc2c1OCC13CC1(C=O)N=CN23. The van der Waals surface area contributed by atoms with E-state index < -0.39 is 5.54 Å². The van der Waals surface area contributed by atoms with E-state index in [4.69, 9.17) is 15.2 Å². The molecule has 11 heteroatoms. The lowest BCUT2D eigenvalue weighted by Gasteiger charge is -2.35. The lowest BCUT2D eigenvalue weighted by Crippen LogP contribution is -2.46. The van der Waals surface area contributed by atoms with E-state index in [-0.39, 0.29) is 11.4 Å². The molecule has 1 aromatic heterocycles. The number of likely N-dealkylation sites (N-methyl/N-ethyl adjacent to an activating group) is 1. The molecule has 1 aliphatic carbocycles. The van der Waals surface area contributed by atoms with Gasteiger partial charge < -0.3 is 40.0 Å². The minimum Gasteiger partial charge on any atom is -0.489 e. The van der Waals surface area contributed by atoms with Crippen molar-refractivity contribution in [3.05, 3.63) is 59.8 Å². The summed E-state index contributed by atoms with van der Waals surface area (Å²) in [6, 6.07) is 15.9. The molecule has 0 saturated heterocycles. The van der Waals surface area contributed by atoms with Crippen molar-refractivity contribution in [2.45, 2.75) is 37.3 Å². The Morgan fingerprint density at radius 3 is 2.69 bits per heavy atom. The number of pyridine rings is 1. The van der Waals surface area contributed by atoms with E-state index in [1.165, 1.54) is 4.90 Å². The molecule has 2 atom stereocenters. The Bertz CT molecular complexity index is 1540. The summed E-state index contributed by atoms with van der Waals surface area (Å²) in [5, 5.41) is 4.53. The topological polar surface area (TPSA) is 126 Å². The third kappa shape index (κ3) is 6.51. The molecule has 45 heavy (non-hydrogen) atoms. The zero-order valence-corrected chi connectivity index (χ0v) is 26.8. The van der Waals surface area contributed by atoms with Gasteiger partial charge in [-0.1, -0.05) is 25.1 Å². The predicted molar refractivity (Wildman–Crippen MR) is 179 cm³/mol. The molecule has 2 aromatic carbocycles. The van der Waals surface area contributed by atoms with Crippen molar-refractivity contribution >= 4 is 40.8 Å². The fourth-order valence-corrected chi connectivity index (χ4v) is 5.96. The van der Waals surface area contributed by atoms with E-state index in [2.05, 4.69) is 57.3 Å². The van der Waals surface area contributed by atoms with Gasteiger partial charge in [0.1, 0.15) is 35.4 Å². The van der Waals surface area contributed by atoms with Crippen LogP contribution in [-0.2, 0) is 16.0 Å². The molecule has 3 heterocycles. The maximum Gasteiger partial charge on any atom is 0.271 e. The van der Waals surface area contributed by atoms with Crippen molar-refractivity contribution in [1.82, 2.24) is 14.8 Å². The number of para-hydroxylation sites is 1. The lowest BCUT2D eigenvalue weighted by molar-refractivity contribution is -0.110. The Kier molecular flexibility index (Phi) is 10.0. The van der Waals surface area contributed by atoms with E-state index in [1.807, 2.05) is 30.6 Å². The summed E-state index contributed by atoms with van der Waals surface area (Å²) in [5.41, 5.74) is 8.60. The monoisotopic (exact) mass is 615 g/mol. The molecule has 1 spiro atoms. The zero-order valence-electron chi connectivity index (χ0n) is 26.8. The highest BCUT2D eigenvalue weighted by atomic mass is 16.5. The number of aliphatic imine (C=N–C) groups is 1. The minimum absolute atomic E-state index is 0.105. The average Bonchev–Trinajstić information content (AvgIpc) is 3.58. The van der Waals surface area contributed by atoms with E-state index in [9.17, 15) is 9.59 Å². The number of aldehydes is 1. The van der Waals surface area contributed by atoms with Crippen molar-refractivity contribution in [2.75, 3.05) is 77.4 Å². The number of benzene rings is 2. The zero-order chi connectivity index (χ0) is 32.0. The molecular formula is C34H45N7O4. The molecule has 1 amide bonds. The predicted octanol–water partition coefficient (Wildman–Crippen LogP) is 3.22. The number of hydrogen-bond donors (Lipinski definition) is 2. The molecule has 3 N–H and O–H groups in total. The Hall–Kier alpha value is -4.06. The molecular weight excluding hydrogens is 570 g/mol. The van der Waals surface area contributed by atoms with Gasteiger partial charge in [-0.15, -0.1) is 0 Å². The molecule has 2 unspecified atom stereocenters. The van der Waals surface area contributed by atoms with Gasteiger partial charge in [0.2, 0.25) is 0 Å². The van der Waals surface area contributed by atoms with Crippen LogP contribution < -0.4 is 20.7 Å². The van der Waals surface area contributed by atoms with Crippen molar-refractivity contribution in [3.63, 3.8) is 0 Å². The molecule has 6 rings (SSSR count). The maximum absolute atomic E-state index is 12.3. The van der Waals surface area contributed by atoms with E-state index in [0.29, 0.717) is 25.5 Å². The summed E-state index contributed by atoms with van der Waals surface area (Å²) < 4.78 is 11.3. The summed E-state index contributed by atoms with van der Waals surface area (Å²) in [7, 11) is 5.57. The first-order chi connectivity index (χ1) is 21.8. The van der Waals surface area contributed by atoms with Crippen molar-refractivity contribution in [2.24, 2.45) is 10.7 Å². The smallest absolute Gasteiger partial charge is 0.271 e. The quantitative estimate of drug-likeness (QED) is 0.220. The van der Waals surface area contributed by atoms with E-state index >= 15 is 0 Å². The van der Waals surface area contributed by atoms with Gasteiger partial charge in [-0.3, -0.25) is 9.79 Å². The summed E-state index contributed by atoms with van der Waals surface area (Å²) >= 11 is 0. The number of amides is 1. The second-order valence-electron chi connectivity index (χ2n) is 12.1. The number of ether oxygens (including phenoxy) is 2. The van der Waals surface area contributed by atoms with Gasteiger partial charge in [-0.2, -0.15) is 0 Å². The molecule has 240 valence electrons. The minimum atomic E-state index is -0.625. The van der Waals surface area contributed by atoms with Crippen LogP contribution in [0, 0.1) is 0 Å². The molecule has 11 nitrogen and oxygen atoms in total. The number of carbonyl (C=O) groups excluding carboxylic acids is 2. The summed E-state index contributed by atoms with van der Waals surface area (Å²) in [5.74, 6) is 0.798. The Labute approximate surface area is 265 Å². The Morgan fingerprint density at radius 1 is 1.13 bits per heavy atom. The van der Waals surface area contributed by atoms with E-state index in [0.717, 1.165) is 85.4 Å². The Balaban J connectivity index is 0.000000515. The average molecular weight is 616 g/mol. The van der Waals surface area contributed by atoms with Crippen LogP contribution in [0.2, 0.25) is 0 Å². The van der Waals surface area contributed by atoms with Gasteiger partial charge in [-0.25, -0.2) is 4.98 Å². The highest BCUT2D eigenvalue weighted by Gasteiger charge is 2.76. The molecule has 3 aromatic rings. The van der Waals surface area contributed by atoms with Gasteiger partial charge in [0, 0.05) is 64.4 Å². The second kappa shape index (κ2) is 13.9. The fraction of sp³-hybridized carbons (Fsp3) is 0.471. The van der Waals surface area contributed by atoms with Crippen LogP contribution in [0.3, 0.4) is 0 Å². The molecule has 3 aliphatic rings. The van der Waals surface area contributed by atoms with Crippen LogP contribution >= 0.6 is 0 Å². The van der Waals surface area contributed by atoms with Crippen LogP contribution in [0.25, 0.3) is 10.9 Å². The molecule has 0 radical (unpaired) electrons. The number of nitrogens with zero attached hydrogens (tertiary/aromatic N) is 5. The van der Waals surface area contributed by atoms with Gasteiger partial charge >= 0.3 is 0 Å². The molecule has 1 saturated carbocycles. The van der Waals surface area contributed by atoms with E-state index in [1.54, 1.807) is 20.2 Å². The number of nitrogens with one attached hydrogen (secondary N) is 1. The van der Waals surface area contributed by atoms with Crippen LogP contribution in [-0.4, -0.2) is 112 Å². The summed E-state index contributed by atoms with van der Waals surface area (Å²) in [6.45, 7) is 7.27. The van der Waals surface area contributed by atoms with Gasteiger partial charge in [0.15, 0.2) is 0 Å². The van der Waals surface area contributed by atoms with Crippen LogP contribution in [0.1, 0.15) is 35.8 Å². The number of anilines is 2. The van der Waals surface area contributed by atoms with Gasteiger partial charge in [0.05, 0.1) is 24.1 Å². The Morgan fingerprint density at radius 2 is 1.96 bits per heavy atom. The highest BCUT2D eigenvalue weighted by molar-refractivity contribution is 5.99. The normalized spacial score (nSPS) is 20.4. The largest absolute Gasteiger partial charge is 0.489 e. The highest BCUT2D eigenvalue weighted by Crippen LogP contribution is 2.61. The number of hydrogen-bond acceptors (Lipinski definition) is 10. The van der Waals surface area contributed by atoms with Crippen LogP contribution in [0.5, 0.6) is 5.75 Å². The van der Waals surface area contributed by atoms with Gasteiger partial charge in [0.25, 0.3) is 5.91 Å². The third-order valence-electron chi connectivity index (χ3n) is 8.63. The van der Waals surface area contributed by atoms with Crippen LogP contribution in [0.15, 0.2) is 53.5 Å². The molecule has 0 bridgehead atoms. The first-order valence-electron chi connectivity index (χ1n) is 15.7. The number of nitrogens with two attached hydrogens (primary N) is 1. The first kappa shape index (κ1) is 32.3. The van der Waals surface area contributed by atoms with Crippen LogP contribution in [0.4, 0.5) is 11.4 Å². The number of aromatic nitrogens is 1. The molecule has 2 aliphatic heterocycles. The van der Waals surface area contributed by atoms with Crippen molar-refractivity contribution in [1.29, 1.82) is 0 Å². The summed E-state index contributed by atoms with van der Waals surface area (Å²) in [6.07, 6.45) is 5.45. The fourth-order valence-electron chi connectivity index (χ4n) is 5.96. The molecule has 1 fully saturated rings. The lowest BCUT2D eigenvalue weighted by atomic mass is 10.0. The second-order valence-corrected chi connectivity index (χ2v) is 12.1. The number of rotatable bonds is 13. The number of carbonyl (C=O) groups is 2. The summed E-state index contributed by atoms with van der Waals surface area (Å²) in [4.78, 5) is 39.0. The number of fused-ring (bicyclic) bond motifs is 3. The van der Waals surface area contributed by atoms with Crippen molar-refractivity contribution in [3.8, 4) is 5.75 Å². The third-order valence-corrected chi connectivity index (χ3v) is 8.63. The van der Waals surface area contributed by atoms with Crippen molar-refractivity contribution < 1.29 is 19.1 Å².